The number of nitrogens with zero attached hydrogens (tertiary/aromatic N) is 1. The first-order chi connectivity index (χ1) is 10.1. The van der Waals surface area contributed by atoms with Gasteiger partial charge in [0.1, 0.15) is 0 Å². The van der Waals surface area contributed by atoms with Crippen molar-refractivity contribution < 1.29 is 4.79 Å². The molecular weight excluding hydrogens is 264 g/mol. The fraction of sp³-hybridized carbons (Fsp3) is 0. The Bertz CT molecular complexity index is 829. The van der Waals surface area contributed by atoms with Crippen molar-refractivity contribution in [1.82, 2.24) is 4.98 Å². The topological polar surface area (TPSA) is 94.0 Å². The maximum atomic E-state index is 11.5. The number of amides is 1. The fourth-order valence-corrected chi connectivity index (χ4v) is 2.21. The second-order valence-electron chi connectivity index (χ2n) is 4.67. The third-order valence-corrected chi connectivity index (χ3v) is 3.23. The predicted octanol–water partition coefficient (Wildman–Crippen LogP) is 2.66. The molecule has 0 bridgehead atoms. The van der Waals surface area contributed by atoms with Crippen molar-refractivity contribution in [3.8, 4) is 0 Å². The first kappa shape index (κ1) is 12.9. The van der Waals surface area contributed by atoms with Gasteiger partial charge in [-0.3, -0.25) is 9.78 Å². The number of carbonyl (C=O) groups excluding carboxylic acids is 1. The number of carbonyl (C=O) groups is 1. The van der Waals surface area contributed by atoms with Crippen LogP contribution in [-0.2, 0) is 0 Å². The lowest BCUT2D eigenvalue weighted by Gasteiger charge is -2.13. The number of benzene rings is 2. The second kappa shape index (κ2) is 5.13. The molecule has 3 aromatic rings. The molecule has 1 aromatic heterocycles. The molecule has 0 spiro atoms. The zero-order valence-electron chi connectivity index (χ0n) is 11.2. The summed E-state index contributed by atoms with van der Waals surface area (Å²) in [5.74, 6) is -0.521. The highest BCUT2D eigenvalue weighted by Gasteiger charge is 2.11. The Morgan fingerprint density at radius 1 is 1.10 bits per heavy atom. The van der Waals surface area contributed by atoms with Gasteiger partial charge < -0.3 is 16.8 Å². The normalized spacial score (nSPS) is 10.5. The lowest BCUT2D eigenvalue weighted by Crippen LogP contribution is -2.14. The predicted molar refractivity (Wildman–Crippen MR) is 84.4 cm³/mol. The van der Waals surface area contributed by atoms with E-state index in [9.17, 15) is 4.79 Å². The number of aromatic nitrogens is 1. The second-order valence-corrected chi connectivity index (χ2v) is 4.67. The summed E-state index contributed by atoms with van der Waals surface area (Å²) in [6.07, 6.45) is 1.75. The van der Waals surface area contributed by atoms with E-state index in [2.05, 4.69) is 10.3 Å². The Hall–Kier alpha value is -3.08. The molecule has 0 radical (unpaired) electrons. The van der Waals surface area contributed by atoms with Crippen molar-refractivity contribution >= 4 is 33.9 Å². The van der Waals surface area contributed by atoms with Gasteiger partial charge >= 0.3 is 0 Å². The Morgan fingerprint density at radius 2 is 1.95 bits per heavy atom. The van der Waals surface area contributed by atoms with E-state index in [0.717, 1.165) is 16.6 Å². The number of rotatable bonds is 3. The Kier molecular flexibility index (Phi) is 3.16. The highest BCUT2D eigenvalue weighted by Crippen LogP contribution is 2.28. The zero-order chi connectivity index (χ0) is 14.8. The number of para-hydroxylation sites is 1. The molecule has 0 saturated heterocycles. The Morgan fingerprint density at radius 3 is 2.76 bits per heavy atom. The van der Waals surface area contributed by atoms with Gasteiger partial charge in [-0.15, -0.1) is 0 Å². The molecule has 0 aliphatic carbocycles. The minimum absolute atomic E-state index is 0.362. The first-order valence-electron chi connectivity index (χ1n) is 6.45. The summed E-state index contributed by atoms with van der Waals surface area (Å²) in [7, 11) is 0. The molecule has 21 heavy (non-hydrogen) atoms. The molecule has 0 unspecified atom stereocenters. The Labute approximate surface area is 121 Å². The van der Waals surface area contributed by atoms with Gasteiger partial charge in [0.15, 0.2) is 0 Å². The van der Waals surface area contributed by atoms with Crippen molar-refractivity contribution in [2.75, 3.05) is 11.1 Å². The lowest BCUT2D eigenvalue weighted by atomic mass is 10.1. The summed E-state index contributed by atoms with van der Waals surface area (Å²) >= 11 is 0. The molecule has 5 N–H and O–H groups in total. The third-order valence-electron chi connectivity index (χ3n) is 3.23. The smallest absolute Gasteiger partial charge is 0.250 e. The number of fused-ring (bicyclic) bond motifs is 1. The monoisotopic (exact) mass is 278 g/mol. The van der Waals surface area contributed by atoms with Crippen LogP contribution in [-0.4, -0.2) is 10.9 Å². The van der Waals surface area contributed by atoms with Crippen molar-refractivity contribution in [2.24, 2.45) is 5.73 Å². The first-order valence-corrected chi connectivity index (χ1v) is 6.45. The van der Waals surface area contributed by atoms with E-state index in [1.54, 1.807) is 24.4 Å². The number of anilines is 3. The van der Waals surface area contributed by atoms with Gasteiger partial charge in [-0.05, 0) is 36.4 Å². The molecule has 104 valence electrons. The van der Waals surface area contributed by atoms with Gasteiger partial charge in [-0.2, -0.15) is 0 Å². The van der Waals surface area contributed by atoms with E-state index in [1.165, 1.54) is 0 Å². The van der Waals surface area contributed by atoms with E-state index in [0.29, 0.717) is 16.9 Å². The summed E-state index contributed by atoms with van der Waals surface area (Å²) in [6.45, 7) is 0. The molecule has 5 nitrogen and oxygen atoms in total. The summed E-state index contributed by atoms with van der Waals surface area (Å²) < 4.78 is 0. The van der Waals surface area contributed by atoms with Crippen LogP contribution in [0.25, 0.3) is 10.9 Å². The average molecular weight is 278 g/mol. The molecule has 1 amide bonds. The van der Waals surface area contributed by atoms with Gasteiger partial charge in [-0.25, -0.2) is 0 Å². The number of nitrogen functional groups attached to an aromatic ring is 1. The minimum atomic E-state index is -0.521. The number of nitrogens with two attached hydrogens (primary N) is 2. The number of pyridine rings is 1. The van der Waals surface area contributed by atoms with E-state index in [4.69, 9.17) is 11.5 Å². The van der Waals surface area contributed by atoms with Gasteiger partial charge in [0.05, 0.1) is 22.5 Å². The number of primary amides is 1. The molecule has 0 aliphatic heterocycles. The van der Waals surface area contributed by atoms with Gasteiger partial charge in [-0.1, -0.05) is 12.1 Å². The SMILES string of the molecule is NC(=O)c1cccc(N)c1Nc1ccc2ncccc2c1. The largest absolute Gasteiger partial charge is 0.397 e. The summed E-state index contributed by atoms with van der Waals surface area (Å²) in [6, 6.07) is 14.6. The third kappa shape index (κ3) is 2.49. The average Bonchev–Trinajstić information content (AvgIpc) is 2.49. The van der Waals surface area contributed by atoms with Crippen LogP contribution in [0.5, 0.6) is 0 Å². The molecule has 0 saturated carbocycles. The van der Waals surface area contributed by atoms with Crippen molar-refractivity contribution in [3.63, 3.8) is 0 Å². The minimum Gasteiger partial charge on any atom is -0.397 e. The summed E-state index contributed by atoms with van der Waals surface area (Å²) in [5, 5.41) is 4.16. The number of hydrogen-bond donors (Lipinski definition) is 3. The van der Waals surface area contributed by atoms with E-state index < -0.39 is 5.91 Å². The Balaban J connectivity index is 2.04. The zero-order valence-corrected chi connectivity index (χ0v) is 11.2. The van der Waals surface area contributed by atoms with Crippen LogP contribution in [0.4, 0.5) is 17.1 Å². The number of nitrogens with one attached hydrogen (secondary N) is 1. The van der Waals surface area contributed by atoms with E-state index in [-0.39, 0.29) is 0 Å². The van der Waals surface area contributed by atoms with E-state index >= 15 is 0 Å². The molecule has 3 rings (SSSR count). The molecular formula is C16H14N4O. The van der Waals surface area contributed by atoms with Crippen molar-refractivity contribution in [2.45, 2.75) is 0 Å². The standard InChI is InChI=1S/C16H14N4O/c17-13-5-1-4-12(16(18)21)15(13)20-11-6-7-14-10(9-11)3-2-8-19-14/h1-9,20H,17H2,(H2,18,21). The lowest BCUT2D eigenvalue weighted by molar-refractivity contribution is 0.100. The van der Waals surface area contributed by atoms with Crippen LogP contribution >= 0.6 is 0 Å². The fourth-order valence-electron chi connectivity index (χ4n) is 2.21. The van der Waals surface area contributed by atoms with Crippen LogP contribution in [0.15, 0.2) is 54.7 Å². The maximum absolute atomic E-state index is 11.5. The van der Waals surface area contributed by atoms with Gasteiger partial charge in [0.2, 0.25) is 0 Å². The summed E-state index contributed by atoms with van der Waals surface area (Å²) in [5.41, 5.74) is 14.4. The molecule has 0 atom stereocenters. The van der Waals surface area contributed by atoms with Gasteiger partial charge in [0, 0.05) is 17.3 Å². The molecule has 5 heteroatoms. The molecule has 0 aliphatic rings. The van der Waals surface area contributed by atoms with Crippen molar-refractivity contribution in [1.29, 1.82) is 0 Å². The highest BCUT2D eigenvalue weighted by molar-refractivity contribution is 6.02. The van der Waals surface area contributed by atoms with Crippen LogP contribution in [0, 0.1) is 0 Å². The van der Waals surface area contributed by atoms with Crippen LogP contribution in [0.2, 0.25) is 0 Å². The molecule has 0 fully saturated rings. The van der Waals surface area contributed by atoms with E-state index in [1.807, 2.05) is 30.3 Å². The maximum Gasteiger partial charge on any atom is 0.250 e. The molecule has 2 aromatic carbocycles. The van der Waals surface area contributed by atoms with Crippen LogP contribution < -0.4 is 16.8 Å². The quantitative estimate of drug-likeness (QED) is 0.642. The van der Waals surface area contributed by atoms with Crippen LogP contribution in [0.1, 0.15) is 10.4 Å². The van der Waals surface area contributed by atoms with Gasteiger partial charge in [0.25, 0.3) is 5.91 Å². The van der Waals surface area contributed by atoms with Crippen molar-refractivity contribution in [3.05, 3.63) is 60.3 Å². The highest BCUT2D eigenvalue weighted by atomic mass is 16.1. The number of hydrogen-bond acceptors (Lipinski definition) is 4. The van der Waals surface area contributed by atoms with Crippen LogP contribution in [0.3, 0.4) is 0 Å². The molecule has 1 heterocycles. The summed E-state index contributed by atoms with van der Waals surface area (Å²) in [4.78, 5) is 15.8.